The number of esters is 1. The molecule has 1 heterocycles. The van der Waals surface area contributed by atoms with Crippen molar-refractivity contribution in [2.75, 3.05) is 19.3 Å². The zero-order valence-electron chi connectivity index (χ0n) is 7.99. The smallest absolute Gasteiger partial charge is 0.302 e. The van der Waals surface area contributed by atoms with Gasteiger partial charge in [0.25, 0.3) is 0 Å². The van der Waals surface area contributed by atoms with Crippen LogP contribution in [0.25, 0.3) is 0 Å². The minimum absolute atomic E-state index is 0.0739. The summed E-state index contributed by atoms with van der Waals surface area (Å²) in [6.45, 7) is 2.84. The van der Waals surface area contributed by atoms with Crippen molar-refractivity contribution in [3.05, 3.63) is 0 Å². The van der Waals surface area contributed by atoms with Crippen LogP contribution in [0, 0.1) is 0 Å². The number of piperidine rings is 1. The van der Waals surface area contributed by atoms with Gasteiger partial charge in [0.2, 0.25) is 0 Å². The van der Waals surface area contributed by atoms with Gasteiger partial charge in [0.15, 0.2) is 0 Å². The van der Waals surface area contributed by atoms with Gasteiger partial charge in [-0.15, -0.1) is 4.31 Å². The van der Waals surface area contributed by atoms with E-state index in [-0.39, 0.29) is 12.1 Å². The van der Waals surface area contributed by atoms with Crippen molar-refractivity contribution in [1.29, 1.82) is 0 Å². The van der Waals surface area contributed by atoms with E-state index in [1.54, 1.807) is 6.26 Å². The van der Waals surface area contributed by atoms with Crippen LogP contribution in [-0.2, 0) is 20.9 Å². The molecule has 4 nitrogen and oxygen atoms in total. The van der Waals surface area contributed by atoms with Gasteiger partial charge in [0.1, 0.15) is 12.4 Å². The minimum Gasteiger partial charge on any atom is -0.598 e. The van der Waals surface area contributed by atoms with Crippen LogP contribution in [0.5, 0.6) is 0 Å². The maximum absolute atomic E-state index is 11.1. The molecule has 0 radical (unpaired) electrons. The topological polar surface area (TPSA) is 52.6 Å². The molecule has 0 amide bonds. The van der Waals surface area contributed by atoms with E-state index >= 15 is 0 Å². The molecule has 1 rings (SSSR count). The van der Waals surface area contributed by atoms with E-state index in [0.717, 1.165) is 19.4 Å². The molecule has 0 aromatic heterocycles. The van der Waals surface area contributed by atoms with E-state index in [4.69, 9.17) is 4.74 Å². The van der Waals surface area contributed by atoms with Gasteiger partial charge in [-0.05, 0) is 12.8 Å². The molecule has 0 saturated carbocycles. The lowest BCUT2D eigenvalue weighted by Crippen LogP contribution is -2.43. The molecule has 0 bridgehead atoms. The van der Waals surface area contributed by atoms with Gasteiger partial charge in [-0.25, -0.2) is 0 Å². The van der Waals surface area contributed by atoms with Crippen molar-refractivity contribution in [3.8, 4) is 0 Å². The third-order valence-corrected chi connectivity index (χ3v) is 3.10. The van der Waals surface area contributed by atoms with Gasteiger partial charge in [-0.3, -0.25) is 4.79 Å². The fraction of sp³-hybridized carbons (Fsp3) is 0.875. The maximum atomic E-state index is 11.1. The van der Waals surface area contributed by atoms with Crippen LogP contribution in [-0.4, -0.2) is 40.3 Å². The summed E-state index contributed by atoms with van der Waals surface area (Å²) in [5.74, 6) is -0.256. The molecule has 0 N–H and O–H groups in total. The second kappa shape index (κ2) is 4.83. The quantitative estimate of drug-likeness (QED) is 0.481. The Kier molecular flexibility index (Phi) is 4.02. The largest absolute Gasteiger partial charge is 0.598 e. The minimum atomic E-state index is -0.945. The van der Waals surface area contributed by atoms with Crippen LogP contribution in [0.3, 0.4) is 0 Å². The lowest BCUT2D eigenvalue weighted by atomic mass is 10.1. The van der Waals surface area contributed by atoms with Crippen molar-refractivity contribution in [2.24, 2.45) is 0 Å². The zero-order valence-corrected chi connectivity index (χ0v) is 8.80. The number of hydrogen-bond donors (Lipinski definition) is 0. The Morgan fingerprint density at radius 3 is 2.92 bits per heavy atom. The molecule has 0 spiro atoms. The molecule has 2 atom stereocenters. The van der Waals surface area contributed by atoms with E-state index in [9.17, 15) is 9.35 Å². The summed E-state index contributed by atoms with van der Waals surface area (Å²) in [5.41, 5.74) is 0. The Bertz CT molecular complexity index is 186. The molecule has 13 heavy (non-hydrogen) atoms. The van der Waals surface area contributed by atoms with Crippen LogP contribution in [0.2, 0.25) is 0 Å². The zero-order chi connectivity index (χ0) is 9.84. The molecule has 1 aliphatic rings. The average molecular weight is 205 g/mol. The molecular weight excluding hydrogens is 190 g/mol. The number of carbonyl (C=O) groups is 1. The van der Waals surface area contributed by atoms with Crippen molar-refractivity contribution in [2.45, 2.75) is 25.9 Å². The van der Waals surface area contributed by atoms with Crippen LogP contribution in [0.15, 0.2) is 0 Å². The third-order valence-electron chi connectivity index (χ3n) is 2.04. The van der Waals surface area contributed by atoms with Gasteiger partial charge in [0, 0.05) is 24.8 Å². The Morgan fingerprint density at radius 2 is 2.38 bits per heavy atom. The number of ether oxygens (including phenoxy) is 1. The highest BCUT2D eigenvalue weighted by Gasteiger charge is 2.27. The van der Waals surface area contributed by atoms with Gasteiger partial charge in [-0.1, -0.05) is 0 Å². The molecule has 0 aliphatic carbocycles. The Hall–Kier alpha value is -0.260. The van der Waals surface area contributed by atoms with Gasteiger partial charge in [0.05, 0.1) is 6.54 Å². The van der Waals surface area contributed by atoms with E-state index in [1.165, 1.54) is 6.92 Å². The van der Waals surface area contributed by atoms with Crippen molar-refractivity contribution in [1.82, 2.24) is 4.31 Å². The summed E-state index contributed by atoms with van der Waals surface area (Å²) < 4.78 is 18.0. The van der Waals surface area contributed by atoms with E-state index < -0.39 is 11.4 Å². The van der Waals surface area contributed by atoms with Crippen LogP contribution in [0.1, 0.15) is 19.8 Å². The Balaban J connectivity index is 2.37. The van der Waals surface area contributed by atoms with E-state index in [1.807, 2.05) is 4.31 Å². The summed E-state index contributed by atoms with van der Waals surface area (Å²) in [4.78, 5) is 10.7. The number of carbonyl (C=O) groups excluding carboxylic acids is 1. The highest BCUT2D eigenvalue weighted by Crippen LogP contribution is 2.15. The summed E-state index contributed by atoms with van der Waals surface area (Å²) in [6, 6.07) is 0. The lowest BCUT2D eigenvalue weighted by molar-refractivity contribution is -0.147. The summed E-state index contributed by atoms with van der Waals surface area (Å²) in [6.07, 6.45) is 3.40. The highest BCUT2D eigenvalue weighted by molar-refractivity contribution is 7.88. The second-order valence-electron chi connectivity index (χ2n) is 3.19. The fourth-order valence-electron chi connectivity index (χ4n) is 1.47. The maximum Gasteiger partial charge on any atom is 0.302 e. The molecule has 1 saturated heterocycles. The van der Waals surface area contributed by atoms with Crippen molar-refractivity contribution in [3.63, 3.8) is 0 Å². The fourth-order valence-corrected chi connectivity index (χ4v) is 2.23. The summed E-state index contributed by atoms with van der Waals surface area (Å²) in [5, 5.41) is 0. The first-order chi connectivity index (χ1) is 6.09. The Labute approximate surface area is 81.6 Å². The van der Waals surface area contributed by atoms with E-state index in [0.29, 0.717) is 6.54 Å². The molecule has 1 fully saturated rings. The first-order valence-corrected chi connectivity index (χ1v) is 5.87. The average Bonchev–Trinajstić information content (AvgIpc) is 2.03. The third kappa shape index (κ3) is 3.54. The molecular formula is C8H15NO3S. The first kappa shape index (κ1) is 10.8. The van der Waals surface area contributed by atoms with Gasteiger partial charge >= 0.3 is 5.97 Å². The normalized spacial score (nSPS) is 26.8. The van der Waals surface area contributed by atoms with Gasteiger partial charge < -0.3 is 9.29 Å². The SMILES string of the molecule is CC(=O)OC1CCCN([S+](C)[O-])C1. The first-order valence-electron chi connectivity index (χ1n) is 4.35. The molecule has 5 heteroatoms. The lowest BCUT2D eigenvalue weighted by Gasteiger charge is -2.30. The van der Waals surface area contributed by atoms with E-state index in [2.05, 4.69) is 0 Å². The number of nitrogens with zero attached hydrogens (tertiary/aromatic N) is 1. The van der Waals surface area contributed by atoms with Crippen LogP contribution in [0.4, 0.5) is 0 Å². The number of rotatable bonds is 2. The van der Waals surface area contributed by atoms with Crippen molar-refractivity contribution >= 4 is 17.3 Å². The molecule has 0 aromatic carbocycles. The monoisotopic (exact) mass is 205 g/mol. The van der Waals surface area contributed by atoms with Crippen molar-refractivity contribution < 1.29 is 14.1 Å². The predicted octanol–water partition coefficient (Wildman–Crippen LogP) is 0.307. The highest BCUT2D eigenvalue weighted by atomic mass is 32.2. The van der Waals surface area contributed by atoms with Gasteiger partial charge in [-0.2, -0.15) is 0 Å². The second-order valence-corrected chi connectivity index (χ2v) is 4.55. The summed E-state index contributed by atoms with van der Waals surface area (Å²) >= 11 is -0.945. The Morgan fingerprint density at radius 1 is 1.69 bits per heavy atom. The standard InChI is InChI=1S/C8H15NO3S/c1-7(10)12-8-4-3-5-9(6-8)13(2)11/h8H,3-6H2,1-2H3. The molecule has 1 aliphatic heterocycles. The molecule has 76 valence electrons. The van der Waals surface area contributed by atoms with Crippen LogP contribution < -0.4 is 0 Å². The number of hydrogen-bond acceptors (Lipinski definition) is 4. The molecule has 0 aromatic rings. The van der Waals surface area contributed by atoms with Crippen LogP contribution >= 0.6 is 0 Å². The summed E-state index contributed by atoms with van der Waals surface area (Å²) in [7, 11) is 0. The molecule has 2 unspecified atom stereocenters. The predicted molar refractivity (Wildman–Crippen MR) is 50.4 cm³/mol.